The molecule has 0 atom stereocenters. The minimum atomic E-state index is -0.225. The van der Waals surface area contributed by atoms with Crippen molar-refractivity contribution >= 4 is 34.2 Å². The maximum Gasteiger partial charge on any atom is 0.255 e. The van der Waals surface area contributed by atoms with Crippen LogP contribution in [-0.2, 0) is 0 Å². The predicted molar refractivity (Wildman–Crippen MR) is 123 cm³/mol. The fraction of sp³-hybridized carbons (Fsp3) is 0.174. The summed E-state index contributed by atoms with van der Waals surface area (Å²) in [6.07, 6.45) is 0. The van der Waals surface area contributed by atoms with E-state index in [1.54, 1.807) is 31.4 Å². The van der Waals surface area contributed by atoms with Crippen molar-refractivity contribution < 1.29 is 19.0 Å². The van der Waals surface area contributed by atoms with Crippen LogP contribution in [0.3, 0.4) is 0 Å². The molecule has 0 saturated heterocycles. The summed E-state index contributed by atoms with van der Waals surface area (Å²) < 4.78 is 17.6. The smallest absolute Gasteiger partial charge is 0.255 e. The molecule has 0 saturated carbocycles. The van der Waals surface area contributed by atoms with Crippen LogP contribution in [0.15, 0.2) is 60.7 Å². The number of amides is 1. The van der Waals surface area contributed by atoms with Gasteiger partial charge in [0.25, 0.3) is 5.91 Å². The fourth-order valence-corrected chi connectivity index (χ4v) is 3.52. The van der Waals surface area contributed by atoms with E-state index in [0.717, 1.165) is 14.9 Å². The molecule has 1 amide bonds. The van der Waals surface area contributed by atoms with Crippen molar-refractivity contribution in [2.24, 2.45) is 0 Å². The Balaban J connectivity index is 1.71. The van der Waals surface area contributed by atoms with E-state index in [-0.39, 0.29) is 5.91 Å². The minimum Gasteiger partial charge on any atom is -0.493 e. The third-order valence-electron chi connectivity index (χ3n) is 4.12. The molecule has 3 aromatic rings. The molecule has 3 aromatic carbocycles. The molecular weight excluding hydrogens is 481 g/mol. The summed E-state index contributed by atoms with van der Waals surface area (Å²) in [6, 6.07) is 18.5. The number of methoxy groups -OCH3 is 1. The molecule has 5 nitrogen and oxygen atoms in total. The van der Waals surface area contributed by atoms with Crippen molar-refractivity contribution in [1.82, 2.24) is 0 Å². The Morgan fingerprint density at radius 2 is 1.79 bits per heavy atom. The average Bonchev–Trinajstić information content (AvgIpc) is 2.71. The molecule has 150 valence electrons. The van der Waals surface area contributed by atoms with Crippen LogP contribution in [0.5, 0.6) is 23.0 Å². The van der Waals surface area contributed by atoms with Gasteiger partial charge >= 0.3 is 0 Å². The Kier molecular flexibility index (Phi) is 6.98. The number of carbonyl (C=O) groups is 1. The van der Waals surface area contributed by atoms with E-state index in [9.17, 15) is 4.79 Å². The highest BCUT2D eigenvalue weighted by molar-refractivity contribution is 14.1. The van der Waals surface area contributed by atoms with E-state index >= 15 is 0 Å². The van der Waals surface area contributed by atoms with Gasteiger partial charge < -0.3 is 19.5 Å². The monoisotopic (exact) mass is 503 g/mol. The van der Waals surface area contributed by atoms with Crippen molar-refractivity contribution in [2.45, 2.75) is 13.8 Å². The highest BCUT2D eigenvalue weighted by Gasteiger charge is 2.15. The van der Waals surface area contributed by atoms with Crippen molar-refractivity contribution in [1.29, 1.82) is 0 Å². The van der Waals surface area contributed by atoms with Gasteiger partial charge in [-0.15, -0.1) is 0 Å². The first-order valence-electron chi connectivity index (χ1n) is 9.16. The zero-order chi connectivity index (χ0) is 20.8. The topological polar surface area (TPSA) is 56.8 Å². The first-order chi connectivity index (χ1) is 14.0. The molecule has 0 radical (unpaired) electrons. The van der Waals surface area contributed by atoms with Crippen molar-refractivity contribution in [3.8, 4) is 23.0 Å². The quantitative estimate of drug-likeness (QED) is 0.399. The lowest BCUT2D eigenvalue weighted by molar-refractivity contribution is 0.102. The SMILES string of the molecule is CCOc1c(I)cc(C(=O)Nc2ccc(Oc3cccc(C)c3)cc2)cc1OC. The number of halogens is 1. The van der Waals surface area contributed by atoms with Gasteiger partial charge in [0.1, 0.15) is 11.5 Å². The molecular formula is C23H22INO4. The van der Waals surface area contributed by atoms with Crippen molar-refractivity contribution in [3.05, 3.63) is 75.4 Å². The molecule has 0 spiro atoms. The lowest BCUT2D eigenvalue weighted by Gasteiger charge is -2.13. The van der Waals surface area contributed by atoms with Gasteiger partial charge in [-0.3, -0.25) is 4.79 Å². The molecule has 0 unspecified atom stereocenters. The maximum absolute atomic E-state index is 12.7. The van der Waals surface area contributed by atoms with Gasteiger partial charge in [0, 0.05) is 11.3 Å². The van der Waals surface area contributed by atoms with Gasteiger partial charge in [-0.2, -0.15) is 0 Å². The second kappa shape index (κ2) is 9.65. The Morgan fingerprint density at radius 3 is 2.45 bits per heavy atom. The molecule has 6 heteroatoms. The van der Waals surface area contributed by atoms with Crippen molar-refractivity contribution in [3.63, 3.8) is 0 Å². The molecule has 0 heterocycles. The Bertz CT molecular complexity index is 1000. The van der Waals surface area contributed by atoms with Gasteiger partial charge in [-0.1, -0.05) is 12.1 Å². The second-order valence-electron chi connectivity index (χ2n) is 6.32. The van der Waals surface area contributed by atoms with Crippen LogP contribution in [0, 0.1) is 10.5 Å². The Hall–Kier alpha value is -2.74. The maximum atomic E-state index is 12.7. The Labute approximate surface area is 184 Å². The Morgan fingerprint density at radius 1 is 1.03 bits per heavy atom. The van der Waals surface area contributed by atoms with Crippen LogP contribution in [0.4, 0.5) is 5.69 Å². The first kappa shape index (κ1) is 21.0. The highest BCUT2D eigenvalue weighted by atomic mass is 127. The summed E-state index contributed by atoms with van der Waals surface area (Å²) >= 11 is 2.14. The lowest BCUT2D eigenvalue weighted by atomic mass is 10.1. The molecule has 1 N–H and O–H groups in total. The average molecular weight is 503 g/mol. The summed E-state index contributed by atoms with van der Waals surface area (Å²) in [5, 5.41) is 2.89. The van der Waals surface area contributed by atoms with Crippen LogP contribution in [0.25, 0.3) is 0 Å². The summed E-state index contributed by atoms with van der Waals surface area (Å²) in [7, 11) is 1.56. The molecule has 0 aliphatic rings. The van der Waals surface area contributed by atoms with Crippen LogP contribution in [0.2, 0.25) is 0 Å². The standard InChI is InChI=1S/C23H22INO4/c1-4-28-22-20(24)13-16(14-21(22)27-3)23(26)25-17-8-10-18(11-9-17)29-19-7-5-6-15(2)12-19/h5-14H,4H2,1-3H3,(H,25,26). The van der Waals surface area contributed by atoms with E-state index in [1.807, 2.05) is 50.2 Å². The van der Waals surface area contributed by atoms with E-state index < -0.39 is 0 Å². The minimum absolute atomic E-state index is 0.225. The zero-order valence-corrected chi connectivity index (χ0v) is 18.6. The third kappa shape index (κ3) is 5.41. The lowest BCUT2D eigenvalue weighted by Crippen LogP contribution is -2.12. The number of hydrogen-bond donors (Lipinski definition) is 1. The normalized spacial score (nSPS) is 10.3. The van der Waals surface area contributed by atoms with E-state index in [1.165, 1.54) is 0 Å². The molecule has 0 aromatic heterocycles. The van der Waals surface area contributed by atoms with E-state index in [2.05, 4.69) is 27.9 Å². The van der Waals surface area contributed by atoms with Gasteiger partial charge in [-0.05, 0) is 90.5 Å². The molecule has 0 aliphatic heterocycles. The highest BCUT2D eigenvalue weighted by Crippen LogP contribution is 2.34. The van der Waals surface area contributed by atoms with Crippen LogP contribution in [-0.4, -0.2) is 19.6 Å². The fourth-order valence-electron chi connectivity index (χ4n) is 2.76. The van der Waals surface area contributed by atoms with Gasteiger partial charge in [-0.25, -0.2) is 0 Å². The van der Waals surface area contributed by atoms with Gasteiger partial charge in [0.05, 0.1) is 17.3 Å². The van der Waals surface area contributed by atoms with E-state index in [0.29, 0.717) is 35.1 Å². The first-order valence-corrected chi connectivity index (χ1v) is 10.2. The zero-order valence-electron chi connectivity index (χ0n) is 16.5. The largest absolute Gasteiger partial charge is 0.493 e. The summed E-state index contributed by atoms with van der Waals surface area (Å²) in [4.78, 5) is 12.7. The third-order valence-corrected chi connectivity index (χ3v) is 4.92. The molecule has 0 fully saturated rings. The second-order valence-corrected chi connectivity index (χ2v) is 7.48. The van der Waals surface area contributed by atoms with Crippen LogP contribution in [0.1, 0.15) is 22.8 Å². The summed E-state index contributed by atoms with van der Waals surface area (Å²) in [6.45, 7) is 4.44. The molecule has 3 rings (SSSR count). The number of nitrogens with one attached hydrogen (secondary N) is 1. The van der Waals surface area contributed by atoms with Gasteiger partial charge in [0.15, 0.2) is 11.5 Å². The van der Waals surface area contributed by atoms with Crippen LogP contribution >= 0.6 is 22.6 Å². The summed E-state index contributed by atoms with van der Waals surface area (Å²) in [5.41, 5.74) is 2.30. The number of ether oxygens (including phenoxy) is 3. The number of hydrogen-bond acceptors (Lipinski definition) is 4. The van der Waals surface area contributed by atoms with Crippen molar-refractivity contribution in [2.75, 3.05) is 19.0 Å². The number of carbonyl (C=O) groups excluding carboxylic acids is 1. The number of aryl methyl sites for hydroxylation is 1. The van der Waals surface area contributed by atoms with Crippen LogP contribution < -0.4 is 19.5 Å². The predicted octanol–water partition coefficient (Wildman–Crippen LogP) is 6.05. The summed E-state index contributed by atoms with van der Waals surface area (Å²) in [5.74, 6) is 2.43. The molecule has 0 bridgehead atoms. The number of anilines is 1. The number of benzene rings is 3. The molecule has 29 heavy (non-hydrogen) atoms. The van der Waals surface area contributed by atoms with Gasteiger partial charge in [0.2, 0.25) is 0 Å². The van der Waals surface area contributed by atoms with E-state index in [4.69, 9.17) is 14.2 Å². The number of rotatable bonds is 7. The molecule has 0 aliphatic carbocycles.